The van der Waals surface area contributed by atoms with Crippen LogP contribution in [0, 0.1) is 0 Å². The van der Waals surface area contributed by atoms with E-state index in [2.05, 4.69) is 5.32 Å². The van der Waals surface area contributed by atoms with Crippen LogP contribution in [0.5, 0.6) is 0 Å². The molecule has 0 aliphatic carbocycles. The normalized spacial score (nSPS) is 11.5. The number of carbonyl (C=O) groups excluding carboxylic acids is 2. The van der Waals surface area contributed by atoms with E-state index in [0.717, 1.165) is 19.3 Å². The second-order valence-corrected chi connectivity index (χ2v) is 6.59. The molecule has 0 bridgehead atoms. The molecule has 0 aromatic carbocycles. The molecular weight excluding hydrogens is 324 g/mol. The molecule has 118 valence electrons. The van der Waals surface area contributed by atoms with Crippen molar-refractivity contribution in [2.24, 2.45) is 0 Å². The Morgan fingerprint density at radius 1 is 1.41 bits per heavy atom. The summed E-state index contributed by atoms with van der Waals surface area (Å²) in [7, 11) is 3.40. The van der Waals surface area contributed by atoms with Crippen LogP contribution in [-0.4, -0.2) is 44.7 Å². The van der Waals surface area contributed by atoms with Crippen LogP contribution < -0.4 is 10.2 Å². The summed E-state index contributed by atoms with van der Waals surface area (Å²) in [6, 6.07) is 3.98. The van der Waals surface area contributed by atoms with E-state index in [1.54, 1.807) is 17.4 Å². The number of likely N-dealkylation sites (N-methyl/N-ethyl adjacent to an activating group) is 2. The standard InChI is InChI=1S/C14H16N2O4S2/c1-15-14(19)10(20-8-18)5-9-6-11-12(21-9)7-13(22-11)16(2)3-4-17/h5-8,17H,3-4H2,1-2H3,(H,15,19)/b10-5-. The summed E-state index contributed by atoms with van der Waals surface area (Å²) in [5, 5.41) is 12.5. The van der Waals surface area contributed by atoms with Crippen LogP contribution in [0.2, 0.25) is 0 Å². The quantitative estimate of drug-likeness (QED) is 0.455. The Morgan fingerprint density at radius 2 is 2.14 bits per heavy atom. The molecule has 8 heteroatoms. The van der Waals surface area contributed by atoms with E-state index in [4.69, 9.17) is 9.84 Å². The van der Waals surface area contributed by atoms with Gasteiger partial charge < -0.3 is 20.1 Å². The van der Waals surface area contributed by atoms with Gasteiger partial charge in [0.25, 0.3) is 12.4 Å². The van der Waals surface area contributed by atoms with E-state index in [-0.39, 0.29) is 18.8 Å². The average molecular weight is 340 g/mol. The van der Waals surface area contributed by atoms with Crippen molar-refractivity contribution in [1.29, 1.82) is 0 Å². The van der Waals surface area contributed by atoms with Crippen LogP contribution in [0.1, 0.15) is 4.88 Å². The minimum atomic E-state index is -0.452. The van der Waals surface area contributed by atoms with Crippen molar-refractivity contribution in [3.8, 4) is 0 Å². The zero-order valence-electron chi connectivity index (χ0n) is 12.2. The summed E-state index contributed by atoms with van der Waals surface area (Å²) < 4.78 is 6.87. The number of carbonyl (C=O) groups is 2. The number of aliphatic hydroxyl groups is 1. The Labute approximate surface area is 135 Å². The number of thiophene rings is 2. The number of ether oxygens (including phenoxy) is 1. The smallest absolute Gasteiger partial charge is 0.298 e. The largest absolute Gasteiger partial charge is 0.423 e. The zero-order chi connectivity index (χ0) is 16.1. The van der Waals surface area contributed by atoms with Gasteiger partial charge in [0, 0.05) is 41.0 Å². The third-order valence-corrected chi connectivity index (χ3v) is 5.28. The van der Waals surface area contributed by atoms with Gasteiger partial charge in [0.15, 0.2) is 5.76 Å². The van der Waals surface area contributed by atoms with E-state index in [1.807, 2.05) is 24.1 Å². The van der Waals surface area contributed by atoms with Gasteiger partial charge in [-0.15, -0.1) is 22.7 Å². The molecule has 2 aromatic heterocycles. The SMILES string of the molecule is CNC(=O)/C(=C/c1cc2sc(N(C)CCO)cc2s1)OC=O. The van der Waals surface area contributed by atoms with Crippen LogP contribution in [0.25, 0.3) is 15.5 Å². The molecule has 6 nitrogen and oxygen atoms in total. The lowest BCUT2D eigenvalue weighted by Gasteiger charge is -2.14. The molecule has 2 rings (SSSR count). The molecule has 1 amide bonds. The maximum Gasteiger partial charge on any atom is 0.298 e. The number of hydrogen-bond donors (Lipinski definition) is 2. The Kier molecular flexibility index (Phi) is 5.53. The van der Waals surface area contributed by atoms with Gasteiger partial charge in [-0.3, -0.25) is 9.59 Å². The van der Waals surface area contributed by atoms with Gasteiger partial charge in [-0.25, -0.2) is 0 Å². The van der Waals surface area contributed by atoms with Gasteiger partial charge in [-0.05, 0) is 12.1 Å². The lowest BCUT2D eigenvalue weighted by molar-refractivity contribution is -0.131. The number of nitrogens with zero attached hydrogens (tertiary/aromatic N) is 1. The van der Waals surface area contributed by atoms with E-state index >= 15 is 0 Å². The third-order valence-electron chi connectivity index (χ3n) is 2.92. The number of amides is 1. The lowest BCUT2D eigenvalue weighted by Crippen LogP contribution is -2.21. The van der Waals surface area contributed by atoms with E-state index in [9.17, 15) is 9.59 Å². The number of aliphatic hydroxyl groups excluding tert-OH is 1. The molecule has 0 atom stereocenters. The molecule has 22 heavy (non-hydrogen) atoms. The maximum atomic E-state index is 11.6. The highest BCUT2D eigenvalue weighted by Gasteiger charge is 2.12. The van der Waals surface area contributed by atoms with Gasteiger partial charge in [-0.2, -0.15) is 0 Å². The highest BCUT2D eigenvalue weighted by atomic mass is 32.1. The topological polar surface area (TPSA) is 78.9 Å². The van der Waals surface area contributed by atoms with Crippen molar-refractivity contribution in [1.82, 2.24) is 5.32 Å². The van der Waals surface area contributed by atoms with Crippen molar-refractivity contribution in [2.75, 3.05) is 32.1 Å². The van der Waals surface area contributed by atoms with Crippen LogP contribution in [0.3, 0.4) is 0 Å². The van der Waals surface area contributed by atoms with Crippen molar-refractivity contribution in [3.05, 3.63) is 22.8 Å². The summed E-state index contributed by atoms with van der Waals surface area (Å²) in [6.45, 7) is 0.919. The lowest BCUT2D eigenvalue weighted by atomic mass is 10.3. The number of hydrogen-bond acceptors (Lipinski definition) is 7. The number of anilines is 1. The van der Waals surface area contributed by atoms with Crippen LogP contribution in [0.4, 0.5) is 5.00 Å². The van der Waals surface area contributed by atoms with E-state index in [0.29, 0.717) is 6.54 Å². The number of nitrogens with one attached hydrogen (secondary N) is 1. The fourth-order valence-corrected chi connectivity index (χ4v) is 4.14. The van der Waals surface area contributed by atoms with Crippen LogP contribution in [0.15, 0.2) is 17.9 Å². The molecule has 0 aliphatic heterocycles. The summed E-state index contributed by atoms with van der Waals surface area (Å²) in [6.07, 6.45) is 1.54. The molecule has 0 saturated heterocycles. The van der Waals surface area contributed by atoms with E-state index < -0.39 is 5.91 Å². The average Bonchev–Trinajstić information content (AvgIpc) is 3.04. The van der Waals surface area contributed by atoms with Gasteiger partial charge in [0.1, 0.15) is 0 Å². The first-order valence-corrected chi connectivity index (χ1v) is 8.11. The van der Waals surface area contributed by atoms with Gasteiger partial charge >= 0.3 is 0 Å². The first kappa shape index (κ1) is 16.5. The summed E-state index contributed by atoms with van der Waals surface area (Å²) in [5.41, 5.74) is 0. The van der Waals surface area contributed by atoms with Gasteiger partial charge in [-0.1, -0.05) is 0 Å². The van der Waals surface area contributed by atoms with Crippen molar-refractivity contribution in [2.45, 2.75) is 0 Å². The van der Waals surface area contributed by atoms with Crippen molar-refractivity contribution >= 4 is 55.5 Å². The van der Waals surface area contributed by atoms with E-state index in [1.165, 1.54) is 18.4 Å². The summed E-state index contributed by atoms with van der Waals surface area (Å²) >= 11 is 3.11. The molecule has 0 spiro atoms. The Hall–Kier alpha value is -1.90. The maximum absolute atomic E-state index is 11.6. The highest BCUT2D eigenvalue weighted by Crippen LogP contribution is 2.38. The molecule has 0 saturated carbocycles. The minimum Gasteiger partial charge on any atom is -0.423 e. The molecule has 0 fully saturated rings. The molecule has 2 heterocycles. The highest BCUT2D eigenvalue weighted by molar-refractivity contribution is 7.30. The van der Waals surface area contributed by atoms with Crippen LogP contribution in [-0.2, 0) is 14.3 Å². The van der Waals surface area contributed by atoms with Gasteiger partial charge in [0.2, 0.25) is 0 Å². The fraction of sp³-hybridized carbons (Fsp3) is 0.286. The fourth-order valence-electron chi connectivity index (χ4n) is 1.82. The second-order valence-electron chi connectivity index (χ2n) is 4.41. The van der Waals surface area contributed by atoms with Gasteiger partial charge in [0.05, 0.1) is 11.6 Å². The van der Waals surface area contributed by atoms with Crippen molar-refractivity contribution < 1.29 is 19.4 Å². The van der Waals surface area contributed by atoms with Crippen LogP contribution >= 0.6 is 22.7 Å². The molecule has 2 N–H and O–H groups in total. The predicted molar refractivity (Wildman–Crippen MR) is 89.3 cm³/mol. The molecule has 2 aromatic rings. The summed E-state index contributed by atoms with van der Waals surface area (Å²) in [5.74, 6) is -0.490. The van der Waals surface area contributed by atoms with Crippen molar-refractivity contribution in [3.63, 3.8) is 0 Å². The first-order chi connectivity index (χ1) is 10.6. The summed E-state index contributed by atoms with van der Waals surface area (Å²) in [4.78, 5) is 24.9. The monoisotopic (exact) mass is 340 g/mol. The predicted octanol–water partition coefficient (Wildman–Crippen LogP) is 1.65. The molecule has 0 aliphatic rings. The minimum absolute atomic E-state index is 0.0379. The second kappa shape index (κ2) is 7.39. The molecule has 0 unspecified atom stereocenters. The molecular formula is C14H16N2O4S2. The number of rotatable bonds is 7. The Balaban J connectivity index is 2.27. The Morgan fingerprint density at radius 3 is 2.73 bits per heavy atom. The third kappa shape index (κ3) is 3.65. The Bertz CT molecular complexity index is 673. The molecule has 0 radical (unpaired) electrons. The zero-order valence-corrected chi connectivity index (χ0v) is 13.8. The first-order valence-electron chi connectivity index (χ1n) is 6.48. The number of fused-ring (bicyclic) bond motifs is 1.